The van der Waals surface area contributed by atoms with E-state index in [-0.39, 0.29) is 17.0 Å². The van der Waals surface area contributed by atoms with E-state index in [1.165, 1.54) is 251 Å². The highest BCUT2D eigenvalue weighted by Crippen LogP contribution is 2.17. The molecule has 0 saturated heterocycles. The molecule has 274 valence electrons. The maximum absolute atomic E-state index is 2.31. The molecular weight excluding hydrogens is 610 g/mol. The highest BCUT2D eigenvalue weighted by Gasteiger charge is 2.05. The summed E-state index contributed by atoms with van der Waals surface area (Å²) in [4.78, 5) is 0. The van der Waals surface area contributed by atoms with Crippen LogP contribution in [-0.4, -0.2) is 32.2 Å². The molecule has 0 spiro atoms. The van der Waals surface area contributed by atoms with Crippen molar-refractivity contribution in [1.29, 1.82) is 0 Å². The molecule has 0 aliphatic heterocycles. The van der Waals surface area contributed by atoms with E-state index >= 15 is 0 Å². The van der Waals surface area contributed by atoms with E-state index in [2.05, 4.69) is 28.1 Å². The molecule has 0 aromatic rings. The van der Waals surface area contributed by atoms with Crippen LogP contribution in [0, 0.1) is 0 Å². The van der Waals surface area contributed by atoms with Gasteiger partial charge in [-0.25, -0.2) is 0 Å². The molecule has 0 unspecified atom stereocenters. The summed E-state index contributed by atoms with van der Waals surface area (Å²) in [5.41, 5.74) is 0. The Bertz CT molecular complexity index is 499. The van der Waals surface area contributed by atoms with Crippen molar-refractivity contribution in [2.24, 2.45) is 0 Å². The van der Waals surface area contributed by atoms with Crippen molar-refractivity contribution in [3.63, 3.8) is 0 Å². The Balaban J connectivity index is 0. The molecule has 0 amide bonds. The van der Waals surface area contributed by atoms with Crippen molar-refractivity contribution in [1.82, 2.24) is 0 Å². The number of nitrogens with zero attached hydrogens (tertiary/aromatic N) is 1. The van der Waals surface area contributed by atoms with Crippen molar-refractivity contribution in [3.8, 4) is 0 Å². The van der Waals surface area contributed by atoms with Crippen LogP contribution in [0.4, 0.5) is 0 Å². The third-order valence-electron chi connectivity index (χ3n) is 10.2. The second-order valence-electron chi connectivity index (χ2n) is 16.1. The minimum atomic E-state index is 0. The van der Waals surface area contributed by atoms with Gasteiger partial charge in [0.15, 0.2) is 0 Å². The van der Waals surface area contributed by atoms with Crippen molar-refractivity contribution >= 4 is 0 Å². The fourth-order valence-electron chi connectivity index (χ4n) is 7.02. The summed E-state index contributed by atoms with van der Waals surface area (Å²) >= 11 is 0. The van der Waals surface area contributed by atoms with Gasteiger partial charge in [0.05, 0.1) is 27.7 Å². The van der Waals surface area contributed by atoms with Crippen LogP contribution in [0.15, 0.2) is 0 Å². The second-order valence-corrected chi connectivity index (χ2v) is 16.1. The summed E-state index contributed by atoms with van der Waals surface area (Å²) in [5, 5.41) is 0. The lowest BCUT2D eigenvalue weighted by Crippen LogP contribution is -3.00. The molecule has 0 N–H and O–H groups in total. The van der Waals surface area contributed by atoms with Crippen LogP contribution in [0.3, 0.4) is 0 Å². The Labute approximate surface area is 299 Å². The average Bonchev–Trinajstić information content (AvgIpc) is 3.00. The Hall–Kier alpha value is 0.440. The summed E-state index contributed by atoms with van der Waals surface area (Å²) in [5.74, 6) is 0. The quantitative estimate of drug-likeness (QED) is 0.0442. The van der Waals surface area contributed by atoms with E-state index in [0.29, 0.717) is 0 Å². The van der Waals surface area contributed by atoms with Gasteiger partial charge in [-0.15, -0.1) is 0 Å². The van der Waals surface area contributed by atoms with E-state index in [4.69, 9.17) is 0 Å². The molecular formula is C43H90BrN. The van der Waals surface area contributed by atoms with Crippen LogP contribution in [0.2, 0.25) is 0 Å². The Morgan fingerprint density at radius 1 is 0.222 bits per heavy atom. The Morgan fingerprint density at radius 2 is 0.356 bits per heavy atom. The predicted molar refractivity (Wildman–Crippen MR) is 204 cm³/mol. The first-order valence-electron chi connectivity index (χ1n) is 21.4. The Morgan fingerprint density at radius 3 is 0.489 bits per heavy atom. The maximum Gasteiger partial charge on any atom is 0.0780 e. The molecule has 0 heterocycles. The van der Waals surface area contributed by atoms with Crippen LogP contribution < -0.4 is 17.0 Å². The van der Waals surface area contributed by atoms with Gasteiger partial charge in [-0.05, 0) is 12.8 Å². The third kappa shape index (κ3) is 46.6. The van der Waals surface area contributed by atoms with Gasteiger partial charge in [0.1, 0.15) is 0 Å². The fourth-order valence-corrected chi connectivity index (χ4v) is 7.02. The lowest BCUT2D eigenvalue weighted by Gasteiger charge is -2.23. The summed E-state index contributed by atoms with van der Waals surface area (Å²) < 4.78 is 1.12. The highest BCUT2D eigenvalue weighted by molar-refractivity contribution is 4.53. The van der Waals surface area contributed by atoms with E-state index < -0.39 is 0 Å². The zero-order valence-corrected chi connectivity index (χ0v) is 34.0. The lowest BCUT2D eigenvalue weighted by molar-refractivity contribution is -0.870. The summed E-state index contributed by atoms with van der Waals surface area (Å²) in [7, 11) is 6.93. The molecule has 2 heteroatoms. The monoisotopic (exact) mass is 700 g/mol. The molecule has 0 saturated carbocycles. The molecule has 0 fully saturated rings. The standard InChI is InChI=1S/C43H90N.BrH/c1-5-6-7-8-9-10-11-12-13-14-15-16-17-18-19-20-21-22-23-24-25-26-27-28-29-30-31-32-33-34-35-36-37-38-39-40-41-42-43-44(2,3)4;/h5-43H2,1-4H3;1H/q+1;/p-1. The molecule has 0 rings (SSSR count). The fraction of sp³-hybridized carbons (Fsp3) is 1.00. The first-order valence-corrected chi connectivity index (χ1v) is 21.4. The highest BCUT2D eigenvalue weighted by atomic mass is 79.9. The lowest BCUT2D eigenvalue weighted by atomic mass is 10.0. The molecule has 0 aromatic carbocycles. The predicted octanol–water partition coefficient (Wildman–Crippen LogP) is 12.5. The van der Waals surface area contributed by atoms with Gasteiger partial charge in [0.25, 0.3) is 0 Å². The maximum atomic E-state index is 2.31. The van der Waals surface area contributed by atoms with Crippen molar-refractivity contribution < 1.29 is 21.5 Å². The zero-order chi connectivity index (χ0) is 32.1. The van der Waals surface area contributed by atoms with Gasteiger partial charge in [-0.2, -0.15) is 0 Å². The first kappa shape index (κ1) is 47.6. The van der Waals surface area contributed by atoms with Gasteiger partial charge in [0.2, 0.25) is 0 Å². The first-order chi connectivity index (χ1) is 21.6. The van der Waals surface area contributed by atoms with Crippen molar-refractivity contribution in [2.75, 3.05) is 27.7 Å². The van der Waals surface area contributed by atoms with Gasteiger partial charge in [-0.1, -0.05) is 238 Å². The molecule has 0 bridgehead atoms. The average molecular weight is 701 g/mol. The second kappa shape index (κ2) is 40.6. The zero-order valence-electron chi connectivity index (χ0n) is 32.4. The van der Waals surface area contributed by atoms with Gasteiger partial charge in [-0.3, -0.25) is 0 Å². The molecule has 0 aliphatic carbocycles. The topological polar surface area (TPSA) is 0 Å². The summed E-state index contributed by atoms with van der Waals surface area (Å²) in [6, 6.07) is 0. The molecule has 0 aromatic heterocycles. The molecule has 1 nitrogen and oxygen atoms in total. The van der Waals surface area contributed by atoms with Gasteiger partial charge in [0, 0.05) is 0 Å². The van der Waals surface area contributed by atoms with Gasteiger partial charge >= 0.3 is 0 Å². The number of hydrogen-bond donors (Lipinski definition) is 0. The minimum absolute atomic E-state index is 0. The van der Waals surface area contributed by atoms with E-state index in [1.807, 2.05) is 0 Å². The SMILES string of the molecule is CCCCCCCCCCCCCCCCCCCCCCCCCCCCCCCCCCCCCCCC[N+](C)(C)C.[Br-]. The van der Waals surface area contributed by atoms with Crippen LogP contribution in [0.25, 0.3) is 0 Å². The van der Waals surface area contributed by atoms with Gasteiger partial charge < -0.3 is 21.5 Å². The minimum Gasteiger partial charge on any atom is -1.00 e. The number of unbranched alkanes of at least 4 members (excludes halogenated alkanes) is 37. The summed E-state index contributed by atoms with van der Waals surface area (Å²) in [6.07, 6.45) is 56.3. The molecule has 0 aliphatic rings. The van der Waals surface area contributed by atoms with Crippen molar-refractivity contribution in [3.05, 3.63) is 0 Å². The largest absolute Gasteiger partial charge is 1.00 e. The molecule has 0 atom stereocenters. The van der Waals surface area contributed by atoms with E-state index in [9.17, 15) is 0 Å². The number of halogens is 1. The van der Waals surface area contributed by atoms with Crippen LogP contribution in [0.5, 0.6) is 0 Å². The number of hydrogen-bond acceptors (Lipinski definition) is 0. The third-order valence-corrected chi connectivity index (χ3v) is 10.2. The normalized spacial score (nSPS) is 11.7. The Kier molecular flexibility index (Phi) is 42.9. The van der Waals surface area contributed by atoms with Crippen LogP contribution >= 0.6 is 0 Å². The summed E-state index contributed by atoms with van der Waals surface area (Å²) in [6.45, 7) is 3.64. The molecule has 0 radical (unpaired) electrons. The number of quaternary nitrogens is 1. The smallest absolute Gasteiger partial charge is 0.0780 e. The van der Waals surface area contributed by atoms with E-state index in [0.717, 1.165) is 4.48 Å². The molecule has 45 heavy (non-hydrogen) atoms. The van der Waals surface area contributed by atoms with Crippen molar-refractivity contribution in [2.45, 2.75) is 251 Å². The van der Waals surface area contributed by atoms with Crippen LogP contribution in [-0.2, 0) is 0 Å². The van der Waals surface area contributed by atoms with E-state index in [1.54, 1.807) is 0 Å². The number of rotatable bonds is 39. The van der Waals surface area contributed by atoms with Crippen LogP contribution in [0.1, 0.15) is 251 Å².